The Labute approximate surface area is 196 Å². The van der Waals surface area contributed by atoms with Gasteiger partial charge in [0.15, 0.2) is 0 Å². The lowest BCUT2D eigenvalue weighted by atomic mass is 10.3. The minimum absolute atomic E-state index is 0.0156. The zero-order valence-electron chi connectivity index (χ0n) is 17.5. The number of thiophene rings is 1. The van der Waals surface area contributed by atoms with Crippen LogP contribution >= 0.6 is 22.9 Å². The number of ether oxygens (including phenoxy) is 1. The van der Waals surface area contributed by atoms with E-state index in [9.17, 15) is 13.2 Å². The monoisotopic (exact) mass is 491 g/mol. The number of hydrogen-bond acceptors (Lipinski definition) is 6. The normalized spacial score (nSPS) is 11.8. The number of hydrogen-bond donors (Lipinski definition) is 1. The Morgan fingerprint density at radius 3 is 2.41 bits per heavy atom. The highest BCUT2D eigenvalue weighted by Gasteiger charge is 2.27. The van der Waals surface area contributed by atoms with Crippen LogP contribution in [0, 0.1) is 0 Å². The van der Waals surface area contributed by atoms with Crippen molar-refractivity contribution >= 4 is 50.3 Å². The van der Waals surface area contributed by atoms with Crippen LogP contribution in [0.1, 0.15) is 18.7 Å². The van der Waals surface area contributed by atoms with Crippen LogP contribution in [0.3, 0.4) is 0 Å². The maximum absolute atomic E-state index is 13.4. The first-order valence-electron chi connectivity index (χ1n) is 9.69. The van der Waals surface area contributed by atoms with Gasteiger partial charge in [0.2, 0.25) is 0 Å². The van der Waals surface area contributed by atoms with Gasteiger partial charge in [0, 0.05) is 9.90 Å². The summed E-state index contributed by atoms with van der Waals surface area (Å²) in [5, 5.41) is 6.40. The molecular formula is C22H22ClN3O4S2. The molecule has 0 unspecified atom stereocenters. The topological polar surface area (TPSA) is 88.1 Å². The standard InChI is InChI=1S/C22H22ClN3O4S2/c1-3-30-19-10-8-18(9-11-19)26(32(28,29)20-12-6-17(23)7-13-20)15-22(27)25-24-16(2)21-5-4-14-31-21/h4-14H,3,15H2,1-2H3,(H,25,27)/b24-16-. The minimum Gasteiger partial charge on any atom is -0.494 e. The number of anilines is 1. The van der Waals surface area contributed by atoms with Gasteiger partial charge >= 0.3 is 0 Å². The molecule has 0 fully saturated rings. The number of nitrogens with one attached hydrogen (secondary N) is 1. The van der Waals surface area contributed by atoms with Crippen molar-refractivity contribution in [2.45, 2.75) is 18.7 Å². The second kappa shape index (κ2) is 10.6. The SMILES string of the molecule is CCOc1ccc(N(CC(=O)N/N=C(/C)c2cccs2)S(=O)(=O)c2ccc(Cl)cc2)cc1. The van der Waals surface area contributed by atoms with Crippen LogP contribution in [0.2, 0.25) is 5.02 Å². The molecule has 1 aromatic heterocycles. The van der Waals surface area contributed by atoms with Crippen molar-refractivity contribution in [2.24, 2.45) is 5.10 Å². The van der Waals surface area contributed by atoms with Gasteiger partial charge in [-0.2, -0.15) is 5.10 Å². The summed E-state index contributed by atoms with van der Waals surface area (Å²) in [7, 11) is -4.05. The lowest BCUT2D eigenvalue weighted by Gasteiger charge is -2.24. The lowest BCUT2D eigenvalue weighted by Crippen LogP contribution is -2.39. The van der Waals surface area contributed by atoms with Crippen molar-refractivity contribution in [3.8, 4) is 5.75 Å². The highest BCUT2D eigenvalue weighted by molar-refractivity contribution is 7.92. The predicted molar refractivity (Wildman–Crippen MR) is 128 cm³/mol. The van der Waals surface area contributed by atoms with Crippen molar-refractivity contribution < 1.29 is 17.9 Å². The van der Waals surface area contributed by atoms with Gasteiger partial charge in [-0.1, -0.05) is 17.7 Å². The number of carbonyl (C=O) groups excluding carboxylic acids is 1. The molecule has 3 aromatic rings. The van der Waals surface area contributed by atoms with E-state index in [1.165, 1.54) is 35.6 Å². The van der Waals surface area contributed by atoms with E-state index in [4.69, 9.17) is 16.3 Å². The van der Waals surface area contributed by atoms with Crippen LogP contribution in [0.15, 0.2) is 76.0 Å². The maximum atomic E-state index is 13.4. The van der Waals surface area contributed by atoms with Crippen LogP contribution in [0.25, 0.3) is 0 Å². The van der Waals surface area contributed by atoms with Crippen LogP contribution in [-0.2, 0) is 14.8 Å². The average Bonchev–Trinajstić information content (AvgIpc) is 3.32. The zero-order chi connectivity index (χ0) is 23.1. The molecule has 0 atom stereocenters. The summed E-state index contributed by atoms with van der Waals surface area (Å²) < 4.78 is 33.2. The number of halogens is 1. The third-order valence-corrected chi connectivity index (χ3v) is 7.37. The van der Waals surface area contributed by atoms with Crippen LogP contribution < -0.4 is 14.5 Å². The van der Waals surface area contributed by atoms with E-state index < -0.39 is 22.5 Å². The van der Waals surface area contributed by atoms with E-state index in [2.05, 4.69) is 10.5 Å². The molecule has 0 bridgehead atoms. The molecule has 1 amide bonds. The Kier molecular flexibility index (Phi) is 7.89. The largest absolute Gasteiger partial charge is 0.494 e. The van der Waals surface area contributed by atoms with Gasteiger partial charge in [-0.25, -0.2) is 13.8 Å². The van der Waals surface area contributed by atoms with Gasteiger partial charge < -0.3 is 4.74 Å². The average molecular weight is 492 g/mol. The summed E-state index contributed by atoms with van der Waals surface area (Å²) in [6, 6.07) is 16.0. The Bertz CT molecular complexity index is 1180. The van der Waals surface area contributed by atoms with Crippen LogP contribution in [0.4, 0.5) is 5.69 Å². The molecule has 7 nitrogen and oxygen atoms in total. The molecule has 0 aliphatic carbocycles. The summed E-state index contributed by atoms with van der Waals surface area (Å²) in [6.07, 6.45) is 0. The van der Waals surface area contributed by atoms with Gasteiger partial charge in [-0.05, 0) is 73.8 Å². The van der Waals surface area contributed by atoms with E-state index in [0.717, 1.165) is 9.18 Å². The number of hydrazone groups is 1. The molecule has 3 rings (SSSR count). The van der Waals surface area contributed by atoms with Gasteiger partial charge in [-0.3, -0.25) is 9.10 Å². The molecule has 0 spiro atoms. The number of benzene rings is 2. The molecule has 10 heteroatoms. The summed E-state index contributed by atoms with van der Waals surface area (Å²) in [4.78, 5) is 13.6. The summed E-state index contributed by atoms with van der Waals surface area (Å²) in [6.45, 7) is 3.64. The number of nitrogens with zero attached hydrogens (tertiary/aromatic N) is 2. The molecule has 0 aliphatic rings. The second-order valence-corrected chi connectivity index (χ2v) is 9.85. The Morgan fingerprint density at radius 2 is 1.81 bits per heavy atom. The van der Waals surface area contributed by atoms with Gasteiger partial charge in [0.1, 0.15) is 12.3 Å². The van der Waals surface area contributed by atoms with E-state index in [1.807, 2.05) is 24.4 Å². The van der Waals surface area contributed by atoms with Gasteiger partial charge in [0.05, 0.1) is 22.9 Å². The third-order valence-electron chi connectivity index (χ3n) is 4.35. The third kappa shape index (κ3) is 5.87. The predicted octanol–water partition coefficient (Wildman–Crippen LogP) is 4.54. The molecule has 32 heavy (non-hydrogen) atoms. The molecule has 168 valence electrons. The number of sulfonamides is 1. The van der Waals surface area contributed by atoms with Crippen molar-refractivity contribution in [3.63, 3.8) is 0 Å². The smallest absolute Gasteiger partial charge is 0.264 e. The van der Waals surface area contributed by atoms with E-state index in [0.29, 0.717) is 28.8 Å². The molecule has 1 heterocycles. The highest BCUT2D eigenvalue weighted by Crippen LogP contribution is 2.26. The number of rotatable bonds is 9. The minimum atomic E-state index is -4.05. The lowest BCUT2D eigenvalue weighted by molar-refractivity contribution is -0.119. The van der Waals surface area contributed by atoms with Gasteiger partial charge in [-0.15, -0.1) is 11.3 Å². The molecule has 0 saturated carbocycles. The summed E-state index contributed by atoms with van der Waals surface area (Å²) in [5.41, 5.74) is 3.38. The van der Waals surface area contributed by atoms with Crippen molar-refractivity contribution in [3.05, 3.63) is 75.9 Å². The quantitative estimate of drug-likeness (QED) is 0.351. The van der Waals surface area contributed by atoms with Crippen molar-refractivity contribution in [1.29, 1.82) is 0 Å². The molecular weight excluding hydrogens is 470 g/mol. The fourth-order valence-corrected chi connectivity index (χ4v) is 5.00. The van der Waals surface area contributed by atoms with Crippen molar-refractivity contribution in [2.75, 3.05) is 17.5 Å². The van der Waals surface area contributed by atoms with E-state index >= 15 is 0 Å². The maximum Gasteiger partial charge on any atom is 0.264 e. The summed E-state index contributed by atoms with van der Waals surface area (Å²) in [5.74, 6) is 0.0213. The number of carbonyl (C=O) groups is 1. The fraction of sp³-hybridized carbons (Fsp3) is 0.182. The van der Waals surface area contributed by atoms with Crippen LogP contribution in [-0.4, -0.2) is 33.2 Å². The van der Waals surface area contributed by atoms with Crippen LogP contribution in [0.5, 0.6) is 5.75 Å². The molecule has 0 saturated heterocycles. The number of amides is 1. The zero-order valence-corrected chi connectivity index (χ0v) is 19.9. The first kappa shape index (κ1) is 23.8. The first-order chi connectivity index (χ1) is 15.3. The molecule has 2 aromatic carbocycles. The van der Waals surface area contributed by atoms with E-state index in [-0.39, 0.29) is 4.90 Å². The first-order valence-corrected chi connectivity index (χ1v) is 12.4. The second-order valence-electron chi connectivity index (χ2n) is 6.60. The van der Waals surface area contributed by atoms with Gasteiger partial charge in [0.25, 0.3) is 15.9 Å². The van der Waals surface area contributed by atoms with E-state index in [1.54, 1.807) is 31.2 Å². The molecule has 1 N–H and O–H groups in total. The molecule has 0 radical (unpaired) electrons. The molecule has 0 aliphatic heterocycles. The Hall–Kier alpha value is -2.88. The summed E-state index contributed by atoms with van der Waals surface area (Å²) >= 11 is 7.39. The van der Waals surface area contributed by atoms with Crippen molar-refractivity contribution in [1.82, 2.24) is 5.43 Å². The highest BCUT2D eigenvalue weighted by atomic mass is 35.5. The Balaban J connectivity index is 1.88. The Morgan fingerprint density at radius 1 is 1.12 bits per heavy atom. The fourth-order valence-electron chi connectivity index (χ4n) is 2.78.